The Hall–Kier alpha value is -1.81. The standard InChI is InChI=1S/C13H18N4/c1-16-8-7-15-13(16)10-17(2)12-6-4-3-5-11(12)9-14/h3-8H,9-10,14H2,1-2H3. The zero-order valence-corrected chi connectivity index (χ0v) is 10.3. The van der Waals surface area contributed by atoms with Crippen molar-refractivity contribution in [3.63, 3.8) is 0 Å². The normalized spacial score (nSPS) is 10.5. The molecule has 4 nitrogen and oxygen atoms in total. The molecule has 0 aliphatic carbocycles. The molecule has 0 bridgehead atoms. The maximum absolute atomic E-state index is 5.74. The molecule has 0 amide bonds. The lowest BCUT2D eigenvalue weighted by Gasteiger charge is -2.21. The molecular weight excluding hydrogens is 212 g/mol. The maximum atomic E-state index is 5.74. The fourth-order valence-corrected chi connectivity index (χ4v) is 1.90. The number of rotatable bonds is 4. The van der Waals surface area contributed by atoms with Crippen molar-refractivity contribution in [1.29, 1.82) is 0 Å². The summed E-state index contributed by atoms with van der Waals surface area (Å²) < 4.78 is 2.03. The first kappa shape index (κ1) is 11.7. The summed E-state index contributed by atoms with van der Waals surface area (Å²) in [7, 11) is 4.06. The third-order valence-electron chi connectivity index (χ3n) is 2.92. The summed E-state index contributed by atoms with van der Waals surface area (Å²) in [6, 6.07) is 8.19. The van der Waals surface area contributed by atoms with Crippen LogP contribution in [0.2, 0.25) is 0 Å². The monoisotopic (exact) mass is 230 g/mol. The third kappa shape index (κ3) is 2.47. The van der Waals surface area contributed by atoms with E-state index in [1.165, 1.54) is 0 Å². The molecule has 1 heterocycles. The van der Waals surface area contributed by atoms with Crippen LogP contribution in [-0.4, -0.2) is 16.6 Å². The zero-order valence-electron chi connectivity index (χ0n) is 10.3. The van der Waals surface area contributed by atoms with E-state index in [-0.39, 0.29) is 0 Å². The Labute approximate surface area is 102 Å². The van der Waals surface area contributed by atoms with Crippen LogP contribution in [0.25, 0.3) is 0 Å². The van der Waals surface area contributed by atoms with Gasteiger partial charge in [-0.1, -0.05) is 18.2 Å². The van der Waals surface area contributed by atoms with E-state index >= 15 is 0 Å². The van der Waals surface area contributed by atoms with Crippen molar-refractivity contribution in [1.82, 2.24) is 9.55 Å². The number of nitrogens with two attached hydrogens (primary N) is 1. The number of anilines is 1. The third-order valence-corrected chi connectivity index (χ3v) is 2.92. The van der Waals surface area contributed by atoms with Crippen molar-refractivity contribution in [2.24, 2.45) is 12.8 Å². The zero-order chi connectivity index (χ0) is 12.3. The van der Waals surface area contributed by atoms with Gasteiger partial charge in [0.25, 0.3) is 0 Å². The minimum absolute atomic E-state index is 0.557. The summed E-state index contributed by atoms with van der Waals surface area (Å²) >= 11 is 0. The average Bonchev–Trinajstić information content (AvgIpc) is 2.75. The van der Waals surface area contributed by atoms with Crippen LogP contribution in [0.4, 0.5) is 5.69 Å². The summed E-state index contributed by atoms with van der Waals surface area (Å²) in [6.07, 6.45) is 3.77. The Balaban J connectivity index is 2.20. The molecule has 2 rings (SSSR count). The highest BCUT2D eigenvalue weighted by atomic mass is 15.2. The predicted octanol–water partition coefficient (Wildman–Crippen LogP) is 1.52. The number of hydrogen-bond donors (Lipinski definition) is 1. The van der Waals surface area contributed by atoms with Crippen molar-refractivity contribution in [3.8, 4) is 0 Å². The molecule has 2 N–H and O–H groups in total. The van der Waals surface area contributed by atoms with Gasteiger partial charge < -0.3 is 15.2 Å². The molecule has 0 saturated carbocycles. The molecule has 0 fully saturated rings. The van der Waals surface area contributed by atoms with E-state index in [1.807, 2.05) is 36.1 Å². The van der Waals surface area contributed by atoms with Crippen LogP contribution >= 0.6 is 0 Å². The molecule has 0 radical (unpaired) electrons. The molecule has 90 valence electrons. The second-order valence-electron chi connectivity index (χ2n) is 4.14. The summed E-state index contributed by atoms with van der Waals surface area (Å²) in [5.74, 6) is 1.04. The first-order valence-corrected chi connectivity index (χ1v) is 5.67. The van der Waals surface area contributed by atoms with Gasteiger partial charge in [-0.2, -0.15) is 0 Å². The highest BCUT2D eigenvalue weighted by Crippen LogP contribution is 2.19. The molecule has 4 heteroatoms. The molecule has 0 atom stereocenters. The van der Waals surface area contributed by atoms with Gasteiger partial charge in [-0.3, -0.25) is 0 Å². The lowest BCUT2D eigenvalue weighted by molar-refractivity contribution is 0.759. The Morgan fingerprint density at radius 1 is 1.35 bits per heavy atom. The van der Waals surface area contributed by atoms with Gasteiger partial charge in [-0.05, 0) is 11.6 Å². The summed E-state index contributed by atoms with van der Waals surface area (Å²) in [4.78, 5) is 6.50. The van der Waals surface area contributed by atoms with Crippen LogP contribution in [0.15, 0.2) is 36.7 Å². The molecular formula is C13H18N4. The Bertz CT molecular complexity index is 490. The molecule has 0 spiro atoms. The minimum atomic E-state index is 0.557. The van der Waals surface area contributed by atoms with Crippen LogP contribution in [0.5, 0.6) is 0 Å². The van der Waals surface area contributed by atoms with Gasteiger partial charge in [0.15, 0.2) is 0 Å². The summed E-state index contributed by atoms with van der Waals surface area (Å²) in [6.45, 7) is 1.33. The fourth-order valence-electron chi connectivity index (χ4n) is 1.90. The van der Waals surface area contributed by atoms with E-state index in [4.69, 9.17) is 5.73 Å². The van der Waals surface area contributed by atoms with Crippen LogP contribution in [0.3, 0.4) is 0 Å². The van der Waals surface area contributed by atoms with Crippen LogP contribution in [0, 0.1) is 0 Å². The lowest BCUT2D eigenvalue weighted by Crippen LogP contribution is -2.20. The van der Waals surface area contributed by atoms with Gasteiger partial charge in [0.05, 0.1) is 6.54 Å². The van der Waals surface area contributed by atoms with E-state index in [2.05, 4.69) is 29.1 Å². The number of para-hydroxylation sites is 1. The average molecular weight is 230 g/mol. The van der Waals surface area contributed by atoms with E-state index < -0.39 is 0 Å². The van der Waals surface area contributed by atoms with Crippen LogP contribution in [0.1, 0.15) is 11.4 Å². The highest BCUT2D eigenvalue weighted by Gasteiger charge is 2.08. The largest absolute Gasteiger partial charge is 0.367 e. The Morgan fingerprint density at radius 3 is 2.76 bits per heavy atom. The number of hydrogen-bond acceptors (Lipinski definition) is 3. The second kappa shape index (κ2) is 5.01. The molecule has 0 unspecified atom stereocenters. The number of aromatic nitrogens is 2. The van der Waals surface area contributed by atoms with Crippen LogP contribution < -0.4 is 10.6 Å². The number of aryl methyl sites for hydroxylation is 1. The highest BCUT2D eigenvalue weighted by molar-refractivity contribution is 5.52. The van der Waals surface area contributed by atoms with Crippen molar-refractivity contribution >= 4 is 5.69 Å². The van der Waals surface area contributed by atoms with Crippen molar-refractivity contribution < 1.29 is 0 Å². The van der Waals surface area contributed by atoms with Gasteiger partial charge >= 0.3 is 0 Å². The van der Waals surface area contributed by atoms with Crippen LogP contribution in [-0.2, 0) is 20.1 Å². The number of imidazole rings is 1. The van der Waals surface area contributed by atoms with Crippen molar-refractivity contribution in [2.75, 3.05) is 11.9 Å². The van der Waals surface area contributed by atoms with Crippen molar-refractivity contribution in [3.05, 3.63) is 48.0 Å². The van der Waals surface area contributed by atoms with Gasteiger partial charge in [-0.25, -0.2) is 4.98 Å². The second-order valence-corrected chi connectivity index (χ2v) is 4.14. The van der Waals surface area contributed by atoms with Gasteiger partial charge in [-0.15, -0.1) is 0 Å². The molecule has 0 aliphatic heterocycles. The molecule has 0 saturated heterocycles. The molecule has 1 aromatic carbocycles. The van der Waals surface area contributed by atoms with E-state index in [1.54, 1.807) is 0 Å². The van der Waals surface area contributed by atoms with E-state index in [0.29, 0.717) is 6.54 Å². The van der Waals surface area contributed by atoms with Gasteiger partial charge in [0.2, 0.25) is 0 Å². The topological polar surface area (TPSA) is 47.1 Å². The quantitative estimate of drug-likeness (QED) is 0.866. The smallest absolute Gasteiger partial charge is 0.127 e. The molecule has 0 aliphatic rings. The Morgan fingerprint density at radius 2 is 2.12 bits per heavy atom. The predicted molar refractivity (Wildman–Crippen MR) is 69.6 cm³/mol. The molecule has 17 heavy (non-hydrogen) atoms. The van der Waals surface area contributed by atoms with E-state index in [0.717, 1.165) is 23.6 Å². The fraction of sp³-hybridized carbons (Fsp3) is 0.308. The SMILES string of the molecule is CN(Cc1nccn1C)c1ccccc1CN. The first-order valence-electron chi connectivity index (χ1n) is 5.67. The number of benzene rings is 1. The van der Waals surface area contributed by atoms with Gasteiger partial charge in [0, 0.05) is 38.7 Å². The molecule has 1 aromatic heterocycles. The lowest BCUT2D eigenvalue weighted by atomic mass is 10.1. The number of nitrogens with zero attached hydrogens (tertiary/aromatic N) is 3. The molecule has 2 aromatic rings. The summed E-state index contributed by atoms with van der Waals surface area (Å²) in [5, 5.41) is 0. The maximum Gasteiger partial charge on any atom is 0.127 e. The van der Waals surface area contributed by atoms with Crippen molar-refractivity contribution in [2.45, 2.75) is 13.1 Å². The van der Waals surface area contributed by atoms with E-state index in [9.17, 15) is 0 Å². The minimum Gasteiger partial charge on any atom is -0.367 e. The van der Waals surface area contributed by atoms with Gasteiger partial charge in [0.1, 0.15) is 5.82 Å². The Kier molecular flexibility index (Phi) is 3.44. The first-order chi connectivity index (χ1) is 8.22. The summed E-state index contributed by atoms with van der Waals surface area (Å²) in [5.41, 5.74) is 8.07.